The van der Waals surface area contributed by atoms with Crippen LogP contribution in [0.1, 0.15) is 28.8 Å². The van der Waals surface area contributed by atoms with Gasteiger partial charge >= 0.3 is 5.97 Å². The van der Waals surface area contributed by atoms with Crippen LogP contribution in [0.3, 0.4) is 0 Å². The number of esters is 1. The normalized spacial score (nSPS) is 19.1. The van der Waals surface area contributed by atoms with Gasteiger partial charge in [-0.3, -0.25) is 0 Å². The zero-order valence-electron chi connectivity index (χ0n) is 11.3. The molecular formula is C15H20O4. The number of hydrogen-bond donors (Lipinski definition) is 0. The third-order valence-corrected chi connectivity index (χ3v) is 3.18. The molecule has 1 aromatic rings. The first-order chi connectivity index (χ1) is 9.29. The fraction of sp³-hybridized carbons (Fsp3) is 0.533. The Morgan fingerprint density at radius 2 is 2.37 bits per heavy atom. The van der Waals surface area contributed by atoms with Gasteiger partial charge < -0.3 is 14.2 Å². The lowest BCUT2D eigenvalue weighted by molar-refractivity contribution is 0.00858. The molecule has 0 radical (unpaired) electrons. The summed E-state index contributed by atoms with van der Waals surface area (Å²) in [4.78, 5) is 11.9. The Hall–Kier alpha value is -1.39. The Morgan fingerprint density at radius 1 is 1.47 bits per heavy atom. The summed E-state index contributed by atoms with van der Waals surface area (Å²) in [5, 5.41) is 0. The van der Waals surface area contributed by atoms with Crippen molar-refractivity contribution in [2.45, 2.75) is 19.4 Å². The maximum absolute atomic E-state index is 11.9. The van der Waals surface area contributed by atoms with E-state index in [-0.39, 0.29) is 5.97 Å². The zero-order valence-corrected chi connectivity index (χ0v) is 11.3. The number of carbonyl (C=O) groups is 1. The number of hydrogen-bond acceptors (Lipinski definition) is 4. The van der Waals surface area contributed by atoms with Gasteiger partial charge in [-0.2, -0.15) is 0 Å². The molecule has 0 amide bonds. The highest BCUT2D eigenvalue weighted by Gasteiger charge is 2.16. The first-order valence-electron chi connectivity index (χ1n) is 6.62. The number of ether oxygens (including phenoxy) is 3. The minimum Gasteiger partial charge on any atom is -0.462 e. The van der Waals surface area contributed by atoms with Gasteiger partial charge in [-0.05, 0) is 30.5 Å². The third-order valence-electron chi connectivity index (χ3n) is 3.18. The maximum atomic E-state index is 11.9. The minimum absolute atomic E-state index is 0.275. The van der Waals surface area contributed by atoms with E-state index in [1.807, 2.05) is 18.2 Å². The summed E-state index contributed by atoms with van der Waals surface area (Å²) in [6, 6.07) is 7.34. The van der Waals surface area contributed by atoms with Crippen LogP contribution in [-0.4, -0.2) is 32.9 Å². The van der Waals surface area contributed by atoms with Crippen LogP contribution < -0.4 is 0 Å². The monoisotopic (exact) mass is 264 g/mol. The fourth-order valence-corrected chi connectivity index (χ4v) is 2.17. The van der Waals surface area contributed by atoms with Crippen molar-refractivity contribution >= 4 is 5.97 Å². The molecule has 4 heteroatoms. The lowest BCUT2D eigenvalue weighted by Gasteiger charge is -2.21. The molecule has 1 heterocycles. The molecule has 0 aromatic heterocycles. The molecular weight excluding hydrogens is 244 g/mol. The van der Waals surface area contributed by atoms with Crippen LogP contribution in [0.15, 0.2) is 24.3 Å². The smallest absolute Gasteiger partial charge is 0.338 e. The molecule has 0 aliphatic carbocycles. The van der Waals surface area contributed by atoms with Gasteiger partial charge in [0, 0.05) is 19.6 Å². The van der Waals surface area contributed by atoms with Crippen LogP contribution in [0.25, 0.3) is 0 Å². The second-order valence-corrected chi connectivity index (χ2v) is 4.82. The highest BCUT2D eigenvalue weighted by Crippen LogP contribution is 2.15. The topological polar surface area (TPSA) is 44.8 Å². The maximum Gasteiger partial charge on any atom is 0.338 e. The Bertz CT molecular complexity index is 410. The van der Waals surface area contributed by atoms with Crippen molar-refractivity contribution in [2.24, 2.45) is 5.92 Å². The van der Waals surface area contributed by atoms with Crippen molar-refractivity contribution in [1.29, 1.82) is 0 Å². The number of rotatable bonds is 5. The van der Waals surface area contributed by atoms with Crippen molar-refractivity contribution in [3.8, 4) is 0 Å². The number of methoxy groups -OCH3 is 1. The van der Waals surface area contributed by atoms with E-state index in [1.165, 1.54) is 0 Å². The molecule has 1 saturated heterocycles. The Kier molecular flexibility index (Phi) is 5.36. The van der Waals surface area contributed by atoms with Crippen molar-refractivity contribution < 1.29 is 19.0 Å². The van der Waals surface area contributed by atoms with Crippen LogP contribution in [0.5, 0.6) is 0 Å². The molecule has 104 valence electrons. The second kappa shape index (κ2) is 7.26. The van der Waals surface area contributed by atoms with E-state index in [2.05, 4.69) is 0 Å². The summed E-state index contributed by atoms with van der Waals surface area (Å²) >= 11 is 0. The summed E-state index contributed by atoms with van der Waals surface area (Å²) in [7, 11) is 1.63. The molecule has 0 spiro atoms. The van der Waals surface area contributed by atoms with Crippen molar-refractivity contribution in [1.82, 2.24) is 0 Å². The molecule has 1 aliphatic heterocycles. The molecule has 0 N–H and O–H groups in total. The second-order valence-electron chi connectivity index (χ2n) is 4.82. The largest absolute Gasteiger partial charge is 0.462 e. The Morgan fingerprint density at radius 3 is 3.11 bits per heavy atom. The Labute approximate surface area is 113 Å². The van der Waals surface area contributed by atoms with Crippen LogP contribution in [-0.2, 0) is 20.8 Å². The lowest BCUT2D eigenvalue weighted by Crippen LogP contribution is -2.23. The SMILES string of the molecule is COCc1cccc(C(=O)OC[C@@H]2CCCOC2)c1. The summed E-state index contributed by atoms with van der Waals surface area (Å²) in [5.74, 6) is 0.0587. The molecule has 1 fully saturated rings. The van der Waals surface area contributed by atoms with E-state index in [4.69, 9.17) is 14.2 Å². The van der Waals surface area contributed by atoms with E-state index in [1.54, 1.807) is 13.2 Å². The Balaban J connectivity index is 1.86. The quantitative estimate of drug-likeness (QED) is 0.766. The van der Waals surface area contributed by atoms with E-state index in [0.717, 1.165) is 25.0 Å². The van der Waals surface area contributed by atoms with Crippen molar-refractivity contribution in [2.75, 3.05) is 26.9 Å². The average Bonchev–Trinajstić information content (AvgIpc) is 2.46. The average molecular weight is 264 g/mol. The first-order valence-corrected chi connectivity index (χ1v) is 6.62. The van der Waals surface area contributed by atoms with Gasteiger partial charge in [0.2, 0.25) is 0 Å². The van der Waals surface area contributed by atoms with Crippen LogP contribution >= 0.6 is 0 Å². The lowest BCUT2D eigenvalue weighted by atomic mass is 10.0. The molecule has 0 unspecified atom stereocenters. The van der Waals surface area contributed by atoms with E-state index < -0.39 is 0 Å². The van der Waals surface area contributed by atoms with Crippen molar-refractivity contribution in [3.63, 3.8) is 0 Å². The molecule has 0 bridgehead atoms. The molecule has 1 aromatic carbocycles. The molecule has 0 saturated carbocycles. The highest BCUT2D eigenvalue weighted by molar-refractivity contribution is 5.89. The number of carbonyl (C=O) groups excluding carboxylic acids is 1. The summed E-state index contributed by atoms with van der Waals surface area (Å²) in [5.41, 5.74) is 1.55. The molecule has 1 aliphatic rings. The van der Waals surface area contributed by atoms with Gasteiger partial charge in [0.1, 0.15) is 0 Å². The standard InChI is InChI=1S/C15H20O4/c1-17-9-12-4-2-6-14(8-12)15(16)19-11-13-5-3-7-18-10-13/h2,4,6,8,13H,3,5,7,9-11H2,1H3/t13-/m1/s1. The van der Waals surface area contributed by atoms with E-state index >= 15 is 0 Å². The molecule has 4 nitrogen and oxygen atoms in total. The highest BCUT2D eigenvalue weighted by atomic mass is 16.5. The van der Waals surface area contributed by atoms with Crippen LogP contribution in [0.2, 0.25) is 0 Å². The van der Waals surface area contributed by atoms with Crippen LogP contribution in [0.4, 0.5) is 0 Å². The minimum atomic E-state index is -0.275. The zero-order chi connectivity index (χ0) is 13.5. The first kappa shape index (κ1) is 14.0. The van der Waals surface area contributed by atoms with Gasteiger partial charge in [-0.1, -0.05) is 12.1 Å². The van der Waals surface area contributed by atoms with E-state index in [9.17, 15) is 4.79 Å². The predicted octanol–water partition coefficient (Wildman–Crippen LogP) is 2.42. The fourth-order valence-electron chi connectivity index (χ4n) is 2.17. The molecule has 1 atom stereocenters. The summed E-state index contributed by atoms with van der Waals surface area (Å²) in [6.45, 7) is 2.45. The third kappa shape index (κ3) is 4.33. The summed E-state index contributed by atoms with van der Waals surface area (Å²) < 4.78 is 15.8. The van der Waals surface area contributed by atoms with Gasteiger partial charge in [-0.15, -0.1) is 0 Å². The van der Waals surface area contributed by atoms with Crippen LogP contribution in [0, 0.1) is 5.92 Å². The van der Waals surface area contributed by atoms with Gasteiger partial charge in [0.15, 0.2) is 0 Å². The van der Waals surface area contributed by atoms with E-state index in [0.29, 0.717) is 31.3 Å². The van der Waals surface area contributed by atoms with Crippen molar-refractivity contribution in [3.05, 3.63) is 35.4 Å². The predicted molar refractivity (Wildman–Crippen MR) is 71.0 cm³/mol. The summed E-state index contributed by atoms with van der Waals surface area (Å²) in [6.07, 6.45) is 2.11. The molecule has 19 heavy (non-hydrogen) atoms. The molecule has 2 rings (SSSR count). The number of benzene rings is 1. The van der Waals surface area contributed by atoms with Gasteiger partial charge in [0.05, 0.1) is 25.4 Å². The van der Waals surface area contributed by atoms with Gasteiger partial charge in [-0.25, -0.2) is 4.79 Å². The van der Waals surface area contributed by atoms with Gasteiger partial charge in [0.25, 0.3) is 0 Å².